The highest BCUT2D eigenvalue weighted by Crippen LogP contribution is 2.48. The van der Waals surface area contributed by atoms with E-state index in [2.05, 4.69) is 66.4 Å². The number of Topliss-reactive ketones (excluding diaryl/α,β-unsaturated/α-hetero) is 4. The third-order valence-corrected chi connectivity index (χ3v) is 26.6. The third-order valence-electron chi connectivity index (χ3n) is 26.6. The van der Waals surface area contributed by atoms with E-state index in [-0.39, 0.29) is 135 Å². The van der Waals surface area contributed by atoms with Gasteiger partial charge in [-0.05, 0) is 165 Å². The second kappa shape index (κ2) is 39.8. The molecule has 0 spiro atoms. The van der Waals surface area contributed by atoms with Crippen molar-refractivity contribution in [2.75, 3.05) is 66.1 Å². The van der Waals surface area contributed by atoms with Crippen molar-refractivity contribution in [2.24, 2.45) is 0 Å². The molecular weight excluding hydrogens is 2010 g/mol. The fourth-order valence-electron chi connectivity index (χ4n) is 18.0. The summed E-state index contributed by atoms with van der Waals surface area (Å²) < 4.78 is 285. The van der Waals surface area contributed by atoms with E-state index in [0.29, 0.717) is 70.3 Å². The molecule has 3 amide bonds. The molecule has 2 unspecified atom stereocenters. The molecule has 22 rings (SSSR count). The van der Waals surface area contributed by atoms with E-state index < -0.39 is 163 Å². The van der Waals surface area contributed by atoms with Gasteiger partial charge in [0.25, 0.3) is 17.7 Å². The molecule has 149 heavy (non-hydrogen) atoms. The van der Waals surface area contributed by atoms with Gasteiger partial charge in [-0.2, -0.15) is 91.3 Å². The quantitative estimate of drug-likeness (QED) is 0.0500. The lowest BCUT2D eigenvalue weighted by atomic mass is 9.69. The second-order valence-corrected chi connectivity index (χ2v) is 37.1. The topological polar surface area (TPSA) is 353 Å². The molecule has 776 valence electrons. The van der Waals surface area contributed by atoms with Crippen LogP contribution in [0.3, 0.4) is 0 Å². The van der Waals surface area contributed by atoms with Crippen molar-refractivity contribution in [3.05, 3.63) is 325 Å². The van der Waals surface area contributed by atoms with Crippen molar-refractivity contribution in [3.8, 4) is 0 Å². The average molecular weight is 2090 g/mol. The van der Waals surface area contributed by atoms with E-state index in [9.17, 15) is 117 Å². The predicted molar refractivity (Wildman–Crippen MR) is 482 cm³/mol. The number of hydrogen-bond donors (Lipinski definition) is 3. The zero-order valence-electron chi connectivity index (χ0n) is 78.1. The van der Waals surface area contributed by atoms with Crippen LogP contribution >= 0.6 is 0 Å². The van der Waals surface area contributed by atoms with Gasteiger partial charge in [-0.1, -0.05) is 36.4 Å². The first-order chi connectivity index (χ1) is 70.5. The molecule has 0 radical (unpaired) electrons. The molecule has 3 N–H and O–H groups in total. The number of amides is 3. The Morgan fingerprint density at radius 1 is 0.336 bits per heavy atom. The number of nitrogens with zero attached hydrogens (tertiary/aromatic N) is 15. The van der Waals surface area contributed by atoms with Gasteiger partial charge in [0.1, 0.15) is 69.8 Å². The SMILES string of the molecule is Cc1cnc2c(C(=O)CC3(c4ccc(C(F)(F)F)cc4F)CCOCC3=O)cnn2c1.Cc1cnc2c(C(=O)NC3(c4ccc(C(F)(F)F)cc4)COC3)cnn2c1.Cc1cnc2c(C(=O)NC3(c4ccc(C(F)(F)F)cc4F)COC3)cnn2c1.O=C(CC1(c2ccc(C(F)(F)F)cc2F)CCOCC1=O)c1cnn2cc(C3CC3)cnc12.O=C(NC1(c2ccc(C(F)(F)F)cc2F)COC1)c1cnn2cc(C3CC3)cnc12. The van der Waals surface area contributed by atoms with Gasteiger partial charge in [-0.15, -0.1) is 0 Å². The maximum Gasteiger partial charge on any atom is 0.416 e. The Balaban J connectivity index is 0.000000122. The molecule has 5 aromatic carbocycles. The number of halogens is 19. The van der Waals surface area contributed by atoms with Gasteiger partial charge < -0.3 is 39.6 Å². The Labute approximate surface area is 828 Å². The number of alkyl halides is 15. The molecule has 2 aliphatic carbocycles. The smallest absolute Gasteiger partial charge is 0.376 e. The number of aryl methyl sites for hydroxylation is 3. The van der Waals surface area contributed by atoms with Crippen LogP contribution in [0.4, 0.5) is 83.4 Å². The molecule has 0 bridgehead atoms. The summed E-state index contributed by atoms with van der Waals surface area (Å²) in [5, 5.41) is 28.9. The highest BCUT2D eigenvalue weighted by molar-refractivity contribution is 6.08. The van der Waals surface area contributed by atoms with Crippen LogP contribution in [0.25, 0.3) is 28.2 Å². The number of nitrogens with one attached hydrogen (secondary N) is 3. The molecule has 7 fully saturated rings. The van der Waals surface area contributed by atoms with Crippen LogP contribution in [0.5, 0.6) is 0 Å². The van der Waals surface area contributed by atoms with Gasteiger partial charge in [0.2, 0.25) is 0 Å². The number of rotatable bonds is 19. The van der Waals surface area contributed by atoms with Gasteiger partial charge in [0.05, 0.1) is 120 Å². The zero-order valence-corrected chi connectivity index (χ0v) is 78.1. The minimum atomic E-state index is -4.73. The van der Waals surface area contributed by atoms with Crippen molar-refractivity contribution >= 4 is 69.1 Å². The van der Waals surface area contributed by atoms with Crippen LogP contribution in [-0.2, 0) is 91.6 Å². The highest BCUT2D eigenvalue weighted by atomic mass is 19.4. The lowest BCUT2D eigenvalue weighted by Crippen LogP contribution is -2.59. The summed E-state index contributed by atoms with van der Waals surface area (Å²) in [5.74, 6) is -7.24. The number of fused-ring (bicyclic) bond motifs is 5. The Morgan fingerprint density at radius 3 is 0.879 bits per heavy atom. The van der Waals surface area contributed by atoms with Gasteiger partial charge in [0, 0.05) is 110 Å². The Bertz CT molecular complexity index is 7770. The summed E-state index contributed by atoms with van der Waals surface area (Å²) in [7, 11) is 0. The summed E-state index contributed by atoms with van der Waals surface area (Å²) in [5.41, 5.74) is -4.76. The predicted octanol–water partition coefficient (Wildman–Crippen LogP) is 16.9. The summed E-state index contributed by atoms with van der Waals surface area (Å²) in [4.78, 5) is 112. The summed E-state index contributed by atoms with van der Waals surface area (Å²) in [6.45, 7) is 5.01. The molecule has 5 saturated heterocycles. The number of hydrogen-bond acceptors (Lipinski definition) is 22. The first-order valence-corrected chi connectivity index (χ1v) is 45.8. The molecule has 49 heteroatoms. The molecule has 7 aliphatic rings. The number of carbonyl (C=O) groups excluding carboxylic acids is 7. The van der Waals surface area contributed by atoms with Crippen molar-refractivity contribution in [1.29, 1.82) is 0 Å². The van der Waals surface area contributed by atoms with Crippen LogP contribution in [0.15, 0.2) is 190 Å². The first-order valence-electron chi connectivity index (χ1n) is 45.8. The standard InChI is InChI=1S/C23H19F4N3O3.C21H17F4N3O3.C20H16F4N4O2.C18H14F4N4O2.C18H15F3N4O2/c24-18-7-15(23(25,26)27)3-4-17(18)22(5-6-33-12-20(22)32)8-19(31)16-10-29-30-11-14(13-1-2-13)9-28-21(16)30;1-12-8-26-19-14(9-27-28(19)10-12)17(29)7-20(4-5-31-11-18(20)30)15-3-2-13(6-16(15)22)21(23,24)25;21-16-5-13(20(22,23)24)3-4-15(16)19(9-30-10-19)27-18(29)14-7-26-28-8-12(11-1-2-11)6-25-17(14)28;1-10-5-23-15-12(6-24-26(15)7-10)16(27)25-17(8-28-9-17)13-3-2-11(4-14(13)19)18(20,21)22;1-11-6-22-15-14(7-23-25(15)8-11)16(26)24-17(9-27-10-17)12-2-4-13(5-3-12)18(19,20)21/h3-4,7,9-11,13H,1-2,5-6,8,12H2;2-3,6,8-10H,4-5,7,11H2,1H3;3-8,11H,1-2,9-10H2,(H,27,29);2-7H,8-9H2,1H3,(H,25,27);2-8H,9-10H2,1H3,(H,24,26). The van der Waals surface area contributed by atoms with Crippen molar-refractivity contribution in [3.63, 3.8) is 0 Å². The van der Waals surface area contributed by atoms with Crippen molar-refractivity contribution < 1.29 is 141 Å². The van der Waals surface area contributed by atoms with Crippen molar-refractivity contribution in [2.45, 2.75) is 142 Å². The summed E-state index contributed by atoms with van der Waals surface area (Å²) in [6, 6.07) is 13.3. The number of ether oxygens (including phenoxy) is 5. The third kappa shape index (κ3) is 21.1. The van der Waals surface area contributed by atoms with Crippen LogP contribution in [0.2, 0.25) is 0 Å². The lowest BCUT2D eigenvalue weighted by Gasteiger charge is -2.42. The number of aromatic nitrogens is 15. The molecule has 30 nitrogen and oxygen atoms in total. The number of ketones is 4. The van der Waals surface area contributed by atoms with Gasteiger partial charge in [-0.25, -0.2) is 65.1 Å². The first kappa shape index (κ1) is 104. The number of carbonyl (C=O) groups is 7. The minimum Gasteiger partial charge on any atom is -0.376 e. The molecule has 2 saturated carbocycles. The monoisotopic (exact) mass is 2090 g/mol. The van der Waals surface area contributed by atoms with Crippen LogP contribution in [0, 0.1) is 44.0 Å². The van der Waals surface area contributed by atoms with Crippen LogP contribution < -0.4 is 16.0 Å². The van der Waals surface area contributed by atoms with E-state index in [4.69, 9.17) is 23.7 Å². The summed E-state index contributed by atoms with van der Waals surface area (Å²) in [6.07, 6.45) is 3.90. The van der Waals surface area contributed by atoms with E-state index >= 15 is 0 Å². The fraction of sp³-hybridized carbons (Fsp3) is 0.330. The largest absolute Gasteiger partial charge is 0.416 e. The molecular formula is C100H81F19N18O12. The van der Waals surface area contributed by atoms with Gasteiger partial charge >= 0.3 is 30.9 Å². The Kier molecular flexibility index (Phi) is 27.7. The van der Waals surface area contributed by atoms with Crippen LogP contribution in [0.1, 0.15) is 198 Å². The van der Waals surface area contributed by atoms with Crippen molar-refractivity contribution in [1.82, 2.24) is 88.9 Å². The molecule has 10 aromatic heterocycles. The highest BCUT2D eigenvalue weighted by Gasteiger charge is 2.53. The maximum absolute atomic E-state index is 14.9. The van der Waals surface area contributed by atoms with Gasteiger partial charge in [0.15, 0.2) is 51.4 Å². The average Bonchev–Trinajstić information content (AvgIpc) is 1.40. The lowest BCUT2D eigenvalue weighted by molar-refractivity contribution is -0.138. The van der Waals surface area contributed by atoms with Crippen LogP contribution in [-0.4, -0.2) is 180 Å². The van der Waals surface area contributed by atoms with E-state index in [1.54, 1.807) is 56.5 Å². The maximum atomic E-state index is 14.9. The van der Waals surface area contributed by atoms with E-state index in [0.717, 1.165) is 108 Å². The summed E-state index contributed by atoms with van der Waals surface area (Å²) >= 11 is 0. The molecule has 15 heterocycles. The zero-order chi connectivity index (χ0) is 106. The number of benzene rings is 5. The minimum absolute atomic E-state index is 0.0294. The Morgan fingerprint density at radius 2 is 0.604 bits per heavy atom. The fourth-order valence-corrected chi connectivity index (χ4v) is 18.0. The molecule has 2 atom stereocenters. The van der Waals surface area contributed by atoms with E-state index in [1.807, 2.05) is 26.2 Å². The normalized spacial score (nSPS) is 18.5. The second-order valence-electron chi connectivity index (χ2n) is 37.1. The van der Waals surface area contributed by atoms with E-state index in [1.165, 1.54) is 65.7 Å². The molecule has 5 aliphatic heterocycles. The van der Waals surface area contributed by atoms with Gasteiger partial charge in [-0.3, -0.25) is 33.6 Å². The molecule has 15 aromatic rings. The Hall–Kier alpha value is -15.2.